The van der Waals surface area contributed by atoms with Gasteiger partial charge < -0.3 is 11.5 Å². The molecule has 2 heteroatoms. The summed E-state index contributed by atoms with van der Waals surface area (Å²) in [5.74, 6) is 0. The molecule has 0 radical (unpaired) electrons. The number of aryl methyl sites for hydroxylation is 2. The van der Waals surface area contributed by atoms with Crippen molar-refractivity contribution in [2.45, 2.75) is 19.3 Å². The highest BCUT2D eigenvalue weighted by Gasteiger charge is 2.51. The van der Waals surface area contributed by atoms with Crippen LogP contribution in [-0.2, 0) is 5.41 Å². The van der Waals surface area contributed by atoms with Crippen LogP contribution in [0.4, 0.5) is 11.4 Å². The van der Waals surface area contributed by atoms with E-state index in [1.54, 1.807) is 0 Å². The summed E-state index contributed by atoms with van der Waals surface area (Å²) in [4.78, 5) is 0. The first-order chi connectivity index (χ1) is 14.0. The average Bonchev–Trinajstić information content (AvgIpc) is 3.16. The Balaban J connectivity index is 1.87. The van der Waals surface area contributed by atoms with Crippen LogP contribution in [-0.4, -0.2) is 0 Å². The first kappa shape index (κ1) is 16.4. The van der Waals surface area contributed by atoms with Gasteiger partial charge >= 0.3 is 0 Å². The van der Waals surface area contributed by atoms with Crippen molar-refractivity contribution in [3.63, 3.8) is 0 Å². The van der Waals surface area contributed by atoms with Crippen LogP contribution in [0.15, 0.2) is 72.8 Å². The third-order valence-corrected chi connectivity index (χ3v) is 6.86. The molecule has 6 rings (SSSR count). The van der Waals surface area contributed by atoms with Gasteiger partial charge in [0, 0.05) is 11.4 Å². The number of benzene rings is 4. The van der Waals surface area contributed by atoms with E-state index in [1.165, 1.54) is 44.5 Å². The zero-order valence-corrected chi connectivity index (χ0v) is 16.6. The topological polar surface area (TPSA) is 52.0 Å². The van der Waals surface area contributed by atoms with Gasteiger partial charge in [-0.05, 0) is 93.7 Å². The van der Waals surface area contributed by atoms with Gasteiger partial charge in [-0.15, -0.1) is 0 Å². The minimum atomic E-state index is -0.374. The van der Waals surface area contributed by atoms with Crippen LogP contribution < -0.4 is 11.5 Å². The molecule has 140 valence electrons. The molecular formula is C27H22N2. The molecule has 2 nitrogen and oxygen atoms in total. The Morgan fingerprint density at radius 3 is 1.38 bits per heavy atom. The number of hydrogen-bond acceptors (Lipinski definition) is 2. The third kappa shape index (κ3) is 1.82. The van der Waals surface area contributed by atoms with Crippen molar-refractivity contribution in [1.82, 2.24) is 0 Å². The van der Waals surface area contributed by atoms with Crippen LogP contribution in [0, 0.1) is 13.8 Å². The molecule has 29 heavy (non-hydrogen) atoms. The Labute approximate surface area is 170 Å². The standard InChI is InChI=1S/C27H22N2/c1-15-11-19-17-7-3-5-9-21(17)27(23(19)13-25(15)28)22-10-6-4-8-18(22)20-12-16(2)26(29)14-24(20)27/h3-14H,28-29H2,1-2H3. The molecule has 2 aliphatic rings. The summed E-state index contributed by atoms with van der Waals surface area (Å²) in [6, 6.07) is 26.4. The lowest BCUT2D eigenvalue weighted by Crippen LogP contribution is -2.26. The zero-order valence-electron chi connectivity index (χ0n) is 16.6. The van der Waals surface area contributed by atoms with E-state index in [-0.39, 0.29) is 5.41 Å². The molecule has 0 aromatic heterocycles. The van der Waals surface area contributed by atoms with Crippen LogP contribution in [0.2, 0.25) is 0 Å². The molecule has 0 saturated carbocycles. The molecular weight excluding hydrogens is 352 g/mol. The van der Waals surface area contributed by atoms with Gasteiger partial charge in [-0.2, -0.15) is 0 Å². The lowest BCUT2D eigenvalue weighted by atomic mass is 9.70. The van der Waals surface area contributed by atoms with Crippen LogP contribution in [0.3, 0.4) is 0 Å². The predicted molar refractivity (Wildman–Crippen MR) is 121 cm³/mol. The van der Waals surface area contributed by atoms with Crippen LogP contribution in [0.1, 0.15) is 33.4 Å². The van der Waals surface area contributed by atoms with E-state index < -0.39 is 0 Å². The molecule has 0 fully saturated rings. The lowest BCUT2D eigenvalue weighted by molar-refractivity contribution is 0.794. The van der Waals surface area contributed by atoms with Gasteiger partial charge in [0.2, 0.25) is 0 Å². The first-order valence-corrected chi connectivity index (χ1v) is 10.0. The van der Waals surface area contributed by atoms with Gasteiger partial charge in [-0.25, -0.2) is 0 Å². The van der Waals surface area contributed by atoms with Gasteiger partial charge in [0.1, 0.15) is 0 Å². The largest absolute Gasteiger partial charge is 0.399 e. The van der Waals surface area contributed by atoms with E-state index in [0.29, 0.717) is 0 Å². The highest BCUT2D eigenvalue weighted by molar-refractivity contribution is 5.96. The van der Waals surface area contributed by atoms with Crippen molar-refractivity contribution in [2.75, 3.05) is 11.5 Å². The monoisotopic (exact) mass is 374 g/mol. The molecule has 4 aromatic rings. The maximum absolute atomic E-state index is 6.45. The summed E-state index contributed by atoms with van der Waals surface area (Å²) < 4.78 is 0. The Morgan fingerprint density at radius 1 is 0.517 bits per heavy atom. The van der Waals surface area contributed by atoms with E-state index in [4.69, 9.17) is 11.5 Å². The van der Waals surface area contributed by atoms with Crippen LogP contribution >= 0.6 is 0 Å². The second kappa shape index (κ2) is 5.30. The molecule has 0 aliphatic heterocycles. The fourth-order valence-electron chi connectivity index (χ4n) is 5.48. The van der Waals surface area contributed by atoms with Gasteiger partial charge in [0.25, 0.3) is 0 Å². The summed E-state index contributed by atoms with van der Waals surface area (Å²) in [6.07, 6.45) is 0. The third-order valence-electron chi connectivity index (χ3n) is 6.86. The van der Waals surface area contributed by atoms with E-state index in [2.05, 4.69) is 86.6 Å². The van der Waals surface area contributed by atoms with Gasteiger partial charge in [0.15, 0.2) is 0 Å². The van der Waals surface area contributed by atoms with Crippen molar-refractivity contribution in [2.24, 2.45) is 0 Å². The number of fused-ring (bicyclic) bond motifs is 10. The molecule has 4 N–H and O–H groups in total. The maximum atomic E-state index is 6.45. The second-order valence-corrected chi connectivity index (χ2v) is 8.35. The highest BCUT2D eigenvalue weighted by atomic mass is 14.6. The normalized spacial score (nSPS) is 14.4. The van der Waals surface area contributed by atoms with E-state index in [9.17, 15) is 0 Å². The van der Waals surface area contributed by atoms with Crippen molar-refractivity contribution in [1.29, 1.82) is 0 Å². The average molecular weight is 374 g/mol. The Bertz CT molecular complexity index is 1240. The van der Waals surface area contributed by atoms with E-state index in [0.717, 1.165) is 22.5 Å². The molecule has 0 bridgehead atoms. The molecule has 0 amide bonds. The van der Waals surface area contributed by atoms with Crippen molar-refractivity contribution < 1.29 is 0 Å². The summed E-state index contributed by atoms with van der Waals surface area (Å²) in [7, 11) is 0. The minimum Gasteiger partial charge on any atom is -0.399 e. The maximum Gasteiger partial charge on any atom is 0.0727 e. The number of nitrogens with two attached hydrogens (primary N) is 2. The predicted octanol–water partition coefficient (Wildman–Crippen LogP) is 5.81. The SMILES string of the molecule is Cc1cc2c(cc1N)C1(c3ccccc3-2)c2ccccc2-c2cc(C)c(N)cc21. The van der Waals surface area contributed by atoms with E-state index >= 15 is 0 Å². The zero-order chi connectivity index (χ0) is 19.9. The Morgan fingerprint density at radius 2 is 0.931 bits per heavy atom. The smallest absolute Gasteiger partial charge is 0.0727 e. The summed E-state index contributed by atoms with van der Waals surface area (Å²) in [5.41, 5.74) is 26.7. The number of nitrogen functional groups attached to an aromatic ring is 2. The molecule has 1 spiro atoms. The molecule has 0 atom stereocenters. The van der Waals surface area contributed by atoms with Crippen LogP contribution in [0.25, 0.3) is 22.3 Å². The first-order valence-electron chi connectivity index (χ1n) is 10.0. The second-order valence-electron chi connectivity index (χ2n) is 8.35. The van der Waals surface area contributed by atoms with Crippen molar-refractivity contribution >= 4 is 11.4 Å². The number of rotatable bonds is 0. The van der Waals surface area contributed by atoms with Crippen molar-refractivity contribution in [3.05, 3.63) is 106 Å². The van der Waals surface area contributed by atoms with E-state index in [1.807, 2.05) is 0 Å². The van der Waals surface area contributed by atoms with Gasteiger partial charge in [0.05, 0.1) is 5.41 Å². The Hall–Kier alpha value is -3.52. The summed E-state index contributed by atoms with van der Waals surface area (Å²) in [6.45, 7) is 4.17. The minimum absolute atomic E-state index is 0.374. The van der Waals surface area contributed by atoms with Gasteiger partial charge in [-0.1, -0.05) is 48.5 Å². The summed E-state index contributed by atoms with van der Waals surface area (Å²) >= 11 is 0. The molecule has 0 unspecified atom stereocenters. The molecule has 2 aliphatic carbocycles. The van der Waals surface area contributed by atoms with Crippen LogP contribution in [0.5, 0.6) is 0 Å². The van der Waals surface area contributed by atoms with Crippen molar-refractivity contribution in [3.8, 4) is 22.3 Å². The highest BCUT2D eigenvalue weighted by Crippen LogP contribution is 2.63. The number of hydrogen-bond donors (Lipinski definition) is 2. The molecule has 4 aromatic carbocycles. The Kier molecular flexibility index (Phi) is 3.00. The fraction of sp³-hybridized carbons (Fsp3) is 0.111. The summed E-state index contributed by atoms with van der Waals surface area (Å²) in [5, 5.41) is 0. The van der Waals surface area contributed by atoms with Gasteiger partial charge in [-0.3, -0.25) is 0 Å². The fourth-order valence-corrected chi connectivity index (χ4v) is 5.48. The quantitative estimate of drug-likeness (QED) is 0.330. The molecule has 0 heterocycles. The lowest BCUT2D eigenvalue weighted by Gasteiger charge is -2.31. The number of anilines is 2. The molecule has 0 saturated heterocycles.